The van der Waals surface area contributed by atoms with Crippen LogP contribution in [0.25, 0.3) is 0 Å². The van der Waals surface area contributed by atoms with Gasteiger partial charge in [-0.15, -0.1) is 0 Å². The highest BCUT2D eigenvalue weighted by Gasteiger charge is 2.08. The van der Waals surface area contributed by atoms with Crippen molar-refractivity contribution in [2.45, 2.75) is 6.10 Å². The molecule has 0 saturated carbocycles. The summed E-state index contributed by atoms with van der Waals surface area (Å²) in [6.07, 6.45) is -0.696. The molecule has 2 rings (SSSR count). The maximum atomic E-state index is 9.99. The molecule has 0 aliphatic heterocycles. The summed E-state index contributed by atoms with van der Waals surface area (Å²) >= 11 is 3.34. The molecule has 0 saturated heterocycles. The number of nitrogens with zero attached hydrogens (tertiary/aromatic N) is 1. The van der Waals surface area contributed by atoms with Gasteiger partial charge in [-0.2, -0.15) is 5.26 Å². The first-order chi connectivity index (χ1) is 9.19. The van der Waals surface area contributed by atoms with Crippen molar-refractivity contribution in [2.24, 2.45) is 0 Å². The largest absolute Gasteiger partial charge is 0.490 e. The van der Waals surface area contributed by atoms with E-state index in [9.17, 15) is 5.11 Å². The zero-order valence-corrected chi connectivity index (χ0v) is 11.7. The SMILES string of the molecule is N#Cc1cccc(OCC(O)c2ccc(Br)cc2)c1. The average Bonchev–Trinajstić information content (AvgIpc) is 2.46. The minimum Gasteiger partial charge on any atom is -0.490 e. The van der Waals surface area contributed by atoms with Gasteiger partial charge in [-0.1, -0.05) is 34.1 Å². The van der Waals surface area contributed by atoms with Crippen molar-refractivity contribution in [1.29, 1.82) is 5.26 Å². The van der Waals surface area contributed by atoms with Gasteiger partial charge in [-0.25, -0.2) is 0 Å². The second-order valence-corrected chi connectivity index (χ2v) is 4.93. The zero-order valence-electron chi connectivity index (χ0n) is 10.1. The van der Waals surface area contributed by atoms with Gasteiger partial charge >= 0.3 is 0 Å². The molecular weight excluding hydrogens is 306 g/mol. The monoisotopic (exact) mass is 317 g/mol. The number of benzene rings is 2. The van der Waals surface area contributed by atoms with Crippen molar-refractivity contribution in [3.8, 4) is 11.8 Å². The lowest BCUT2D eigenvalue weighted by molar-refractivity contribution is 0.108. The smallest absolute Gasteiger partial charge is 0.120 e. The Balaban J connectivity index is 1.98. The summed E-state index contributed by atoms with van der Waals surface area (Å²) in [7, 11) is 0. The molecule has 1 N–H and O–H groups in total. The maximum Gasteiger partial charge on any atom is 0.120 e. The molecule has 0 spiro atoms. The van der Waals surface area contributed by atoms with Crippen molar-refractivity contribution in [3.63, 3.8) is 0 Å². The summed E-state index contributed by atoms with van der Waals surface area (Å²) < 4.78 is 6.45. The van der Waals surface area contributed by atoms with E-state index in [1.807, 2.05) is 30.3 Å². The van der Waals surface area contributed by atoms with Crippen LogP contribution in [0.2, 0.25) is 0 Å². The van der Waals surface area contributed by atoms with Crippen molar-refractivity contribution in [2.75, 3.05) is 6.61 Å². The van der Waals surface area contributed by atoms with E-state index in [0.717, 1.165) is 10.0 Å². The van der Waals surface area contributed by atoms with Crippen molar-refractivity contribution in [3.05, 3.63) is 64.1 Å². The Morgan fingerprint density at radius 1 is 1.21 bits per heavy atom. The fourth-order valence-corrected chi connectivity index (χ4v) is 1.88. The molecule has 4 heteroatoms. The van der Waals surface area contributed by atoms with Crippen LogP contribution in [0.3, 0.4) is 0 Å². The lowest BCUT2D eigenvalue weighted by atomic mass is 10.1. The number of aliphatic hydroxyl groups is 1. The van der Waals surface area contributed by atoms with Crippen LogP contribution >= 0.6 is 15.9 Å². The standard InChI is InChI=1S/C15H12BrNO2/c16-13-6-4-12(5-7-13)15(18)10-19-14-3-1-2-11(8-14)9-17/h1-8,15,18H,10H2. The molecule has 96 valence electrons. The van der Waals surface area contributed by atoms with Crippen LogP contribution in [0.15, 0.2) is 53.0 Å². The van der Waals surface area contributed by atoms with Gasteiger partial charge in [0.1, 0.15) is 18.5 Å². The normalized spacial score (nSPS) is 11.6. The first kappa shape index (κ1) is 13.6. The second-order valence-electron chi connectivity index (χ2n) is 4.02. The molecule has 2 aromatic rings. The molecule has 0 bridgehead atoms. The Bertz CT molecular complexity index is 590. The molecule has 2 aromatic carbocycles. The Hall–Kier alpha value is -1.83. The molecule has 0 aromatic heterocycles. The third kappa shape index (κ3) is 3.82. The summed E-state index contributed by atoms with van der Waals surface area (Å²) in [5.74, 6) is 0.579. The fraction of sp³-hybridized carbons (Fsp3) is 0.133. The van der Waals surface area contributed by atoms with Crippen LogP contribution in [0.5, 0.6) is 5.75 Å². The predicted octanol–water partition coefficient (Wildman–Crippen LogP) is 3.43. The topological polar surface area (TPSA) is 53.2 Å². The van der Waals surface area contributed by atoms with E-state index in [2.05, 4.69) is 15.9 Å². The predicted molar refractivity (Wildman–Crippen MR) is 75.8 cm³/mol. The van der Waals surface area contributed by atoms with Gasteiger partial charge in [0.05, 0.1) is 11.6 Å². The van der Waals surface area contributed by atoms with Gasteiger partial charge in [0.2, 0.25) is 0 Å². The van der Waals surface area contributed by atoms with Crippen LogP contribution < -0.4 is 4.74 Å². The highest BCUT2D eigenvalue weighted by atomic mass is 79.9. The maximum absolute atomic E-state index is 9.99. The van der Waals surface area contributed by atoms with E-state index in [-0.39, 0.29) is 6.61 Å². The van der Waals surface area contributed by atoms with E-state index in [1.54, 1.807) is 24.3 Å². The van der Waals surface area contributed by atoms with Crippen LogP contribution in [-0.2, 0) is 0 Å². The van der Waals surface area contributed by atoms with Gasteiger partial charge in [0.25, 0.3) is 0 Å². The van der Waals surface area contributed by atoms with E-state index < -0.39 is 6.10 Å². The Kier molecular flexibility index (Phi) is 4.56. The lowest BCUT2D eigenvalue weighted by Crippen LogP contribution is -2.09. The third-order valence-corrected chi connectivity index (χ3v) is 3.15. The van der Waals surface area contributed by atoms with Crippen molar-refractivity contribution in [1.82, 2.24) is 0 Å². The van der Waals surface area contributed by atoms with Crippen molar-refractivity contribution < 1.29 is 9.84 Å². The van der Waals surface area contributed by atoms with Gasteiger partial charge in [0.15, 0.2) is 0 Å². The summed E-state index contributed by atoms with van der Waals surface area (Å²) in [6, 6.07) is 16.3. The number of rotatable bonds is 4. The highest BCUT2D eigenvalue weighted by molar-refractivity contribution is 9.10. The Morgan fingerprint density at radius 2 is 1.95 bits per heavy atom. The Morgan fingerprint density at radius 3 is 2.63 bits per heavy atom. The fourth-order valence-electron chi connectivity index (χ4n) is 1.61. The van der Waals surface area contributed by atoms with Crippen LogP contribution in [0, 0.1) is 11.3 Å². The van der Waals surface area contributed by atoms with Gasteiger partial charge < -0.3 is 9.84 Å². The number of halogens is 1. The van der Waals surface area contributed by atoms with E-state index in [0.29, 0.717) is 11.3 Å². The van der Waals surface area contributed by atoms with Crippen LogP contribution in [0.4, 0.5) is 0 Å². The van der Waals surface area contributed by atoms with E-state index in [4.69, 9.17) is 10.00 Å². The van der Waals surface area contributed by atoms with E-state index in [1.165, 1.54) is 0 Å². The van der Waals surface area contributed by atoms with Gasteiger partial charge in [0, 0.05) is 4.47 Å². The van der Waals surface area contributed by atoms with Crippen LogP contribution in [0.1, 0.15) is 17.2 Å². The molecular formula is C15H12BrNO2. The first-order valence-corrected chi connectivity index (χ1v) is 6.55. The molecule has 1 unspecified atom stereocenters. The minimum absolute atomic E-state index is 0.149. The molecule has 1 atom stereocenters. The summed E-state index contributed by atoms with van der Waals surface area (Å²) in [4.78, 5) is 0. The molecule has 0 fully saturated rings. The number of ether oxygens (including phenoxy) is 1. The number of nitriles is 1. The number of aliphatic hydroxyl groups excluding tert-OH is 1. The van der Waals surface area contributed by atoms with Gasteiger partial charge in [-0.3, -0.25) is 0 Å². The summed E-state index contributed by atoms with van der Waals surface area (Å²) in [5.41, 5.74) is 1.33. The molecule has 0 radical (unpaired) electrons. The molecule has 0 heterocycles. The quantitative estimate of drug-likeness (QED) is 0.939. The highest BCUT2D eigenvalue weighted by Crippen LogP contribution is 2.19. The number of hydrogen-bond acceptors (Lipinski definition) is 3. The summed E-state index contributed by atoms with van der Waals surface area (Å²) in [5, 5.41) is 18.8. The third-order valence-electron chi connectivity index (χ3n) is 2.63. The summed E-state index contributed by atoms with van der Waals surface area (Å²) in [6.45, 7) is 0.149. The van der Waals surface area contributed by atoms with Crippen molar-refractivity contribution >= 4 is 15.9 Å². The molecule has 0 aliphatic carbocycles. The molecule has 3 nitrogen and oxygen atoms in total. The van der Waals surface area contributed by atoms with E-state index >= 15 is 0 Å². The average molecular weight is 318 g/mol. The first-order valence-electron chi connectivity index (χ1n) is 5.75. The van der Waals surface area contributed by atoms with Gasteiger partial charge in [-0.05, 0) is 35.9 Å². The molecule has 0 amide bonds. The molecule has 0 aliphatic rings. The molecule has 19 heavy (non-hydrogen) atoms. The zero-order chi connectivity index (χ0) is 13.7. The Labute approximate surface area is 120 Å². The second kappa shape index (κ2) is 6.37. The lowest BCUT2D eigenvalue weighted by Gasteiger charge is -2.12. The minimum atomic E-state index is -0.696. The van der Waals surface area contributed by atoms with Crippen LogP contribution in [-0.4, -0.2) is 11.7 Å². The number of hydrogen-bond donors (Lipinski definition) is 1.